The summed E-state index contributed by atoms with van der Waals surface area (Å²) in [5, 5.41) is 7.49. The predicted octanol–water partition coefficient (Wildman–Crippen LogP) is 2.62. The molecule has 0 saturated carbocycles. The number of benzene rings is 1. The van der Waals surface area contributed by atoms with Crippen LogP contribution in [0.2, 0.25) is 0 Å². The second kappa shape index (κ2) is 5.09. The van der Waals surface area contributed by atoms with Crippen molar-refractivity contribution in [3.63, 3.8) is 0 Å². The van der Waals surface area contributed by atoms with Crippen molar-refractivity contribution in [1.82, 2.24) is 15.1 Å². The molecule has 1 fully saturated rings. The Hall–Kier alpha value is -1.75. The standard InChI is InChI=1S/C14H15F2N3/c15-11-1-2-14(12(16)9-11)19-13(5-8-18-19)10-3-6-17-7-4-10/h1-2,5,8-10,17H,3-4,6-7H2. The molecule has 0 radical (unpaired) electrons. The molecule has 1 saturated heterocycles. The van der Waals surface area contributed by atoms with Crippen LogP contribution in [0.3, 0.4) is 0 Å². The lowest BCUT2D eigenvalue weighted by Gasteiger charge is -2.23. The minimum absolute atomic E-state index is 0.305. The van der Waals surface area contributed by atoms with Gasteiger partial charge in [0.05, 0.1) is 0 Å². The van der Waals surface area contributed by atoms with Gasteiger partial charge in [0.2, 0.25) is 0 Å². The number of hydrogen-bond acceptors (Lipinski definition) is 2. The smallest absolute Gasteiger partial charge is 0.151 e. The second-order valence-electron chi connectivity index (χ2n) is 4.79. The summed E-state index contributed by atoms with van der Waals surface area (Å²) in [6, 6.07) is 5.50. The van der Waals surface area contributed by atoms with Crippen molar-refractivity contribution < 1.29 is 8.78 Å². The maximum atomic E-state index is 13.8. The molecular formula is C14H15F2N3. The highest BCUT2D eigenvalue weighted by Crippen LogP contribution is 2.27. The van der Waals surface area contributed by atoms with Gasteiger partial charge < -0.3 is 5.32 Å². The van der Waals surface area contributed by atoms with Crippen molar-refractivity contribution in [3.05, 3.63) is 47.8 Å². The maximum Gasteiger partial charge on any atom is 0.151 e. The van der Waals surface area contributed by atoms with Crippen molar-refractivity contribution in [2.24, 2.45) is 0 Å². The Morgan fingerprint density at radius 2 is 1.95 bits per heavy atom. The van der Waals surface area contributed by atoms with Gasteiger partial charge in [-0.25, -0.2) is 13.5 Å². The summed E-state index contributed by atoms with van der Waals surface area (Å²) in [7, 11) is 0. The molecule has 0 amide bonds. The third kappa shape index (κ3) is 2.38. The fraction of sp³-hybridized carbons (Fsp3) is 0.357. The van der Waals surface area contributed by atoms with Crippen molar-refractivity contribution in [2.75, 3.05) is 13.1 Å². The third-order valence-electron chi connectivity index (χ3n) is 3.57. The van der Waals surface area contributed by atoms with Crippen LogP contribution in [0, 0.1) is 11.6 Å². The summed E-state index contributed by atoms with van der Waals surface area (Å²) in [5.41, 5.74) is 1.30. The van der Waals surface area contributed by atoms with Crippen LogP contribution in [0.4, 0.5) is 8.78 Å². The molecule has 0 bridgehead atoms. The molecule has 0 aliphatic carbocycles. The summed E-state index contributed by atoms with van der Waals surface area (Å²) in [6.45, 7) is 1.92. The highest BCUT2D eigenvalue weighted by molar-refractivity contribution is 5.35. The fourth-order valence-corrected chi connectivity index (χ4v) is 2.59. The van der Waals surface area contributed by atoms with Crippen LogP contribution < -0.4 is 5.32 Å². The molecule has 1 aliphatic rings. The number of piperidine rings is 1. The van der Waals surface area contributed by atoms with Crippen LogP contribution in [0.25, 0.3) is 5.69 Å². The summed E-state index contributed by atoms with van der Waals surface area (Å²) in [5.74, 6) is -0.788. The van der Waals surface area contributed by atoms with Gasteiger partial charge in [-0.1, -0.05) is 0 Å². The summed E-state index contributed by atoms with van der Waals surface area (Å²) in [4.78, 5) is 0. The van der Waals surface area contributed by atoms with Crippen molar-refractivity contribution in [2.45, 2.75) is 18.8 Å². The lowest BCUT2D eigenvalue weighted by Crippen LogP contribution is -2.27. The summed E-state index contributed by atoms with van der Waals surface area (Å²) < 4.78 is 28.4. The first-order valence-corrected chi connectivity index (χ1v) is 6.46. The van der Waals surface area contributed by atoms with Crippen LogP contribution in [0.1, 0.15) is 24.5 Å². The van der Waals surface area contributed by atoms with Gasteiger partial charge in [0.15, 0.2) is 5.82 Å². The Balaban J connectivity index is 1.99. The molecule has 2 heterocycles. The largest absolute Gasteiger partial charge is 0.317 e. The monoisotopic (exact) mass is 263 g/mol. The molecule has 1 aromatic heterocycles. The number of rotatable bonds is 2. The van der Waals surface area contributed by atoms with E-state index in [4.69, 9.17) is 0 Å². The molecule has 19 heavy (non-hydrogen) atoms. The average molecular weight is 263 g/mol. The molecule has 0 spiro atoms. The minimum atomic E-state index is -0.584. The van der Waals surface area contributed by atoms with Gasteiger partial charge in [-0.05, 0) is 44.1 Å². The molecule has 1 aliphatic heterocycles. The van der Waals surface area contributed by atoms with E-state index in [1.807, 2.05) is 6.07 Å². The van der Waals surface area contributed by atoms with Gasteiger partial charge in [0.1, 0.15) is 11.5 Å². The zero-order valence-corrected chi connectivity index (χ0v) is 10.4. The van der Waals surface area contributed by atoms with Crippen molar-refractivity contribution in [3.8, 4) is 5.69 Å². The van der Waals surface area contributed by atoms with Gasteiger partial charge in [-0.3, -0.25) is 0 Å². The molecule has 0 atom stereocenters. The molecule has 2 aromatic rings. The summed E-state index contributed by atoms with van der Waals surface area (Å²) >= 11 is 0. The van der Waals surface area contributed by atoms with Crippen molar-refractivity contribution in [1.29, 1.82) is 0 Å². The highest BCUT2D eigenvalue weighted by atomic mass is 19.1. The van der Waals surface area contributed by atoms with E-state index in [2.05, 4.69) is 10.4 Å². The van der Waals surface area contributed by atoms with E-state index >= 15 is 0 Å². The number of hydrogen-bond donors (Lipinski definition) is 1. The first kappa shape index (κ1) is 12.3. The molecule has 1 aromatic carbocycles. The Morgan fingerprint density at radius 1 is 1.16 bits per heavy atom. The van der Waals surface area contributed by atoms with Gasteiger partial charge >= 0.3 is 0 Å². The third-order valence-corrected chi connectivity index (χ3v) is 3.57. The average Bonchev–Trinajstić information content (AvgIpc) is 2.89. The van der Waals surface area contributed by atoms with Gasteiger partial charge in [-0.2, -0.15) is 5.10 Å². The van der Waals surface area contributed by atoms with E-state index in [-0.39, 0.29) is 0 Å². The Bertz CT molecular complexity index is 574. The molecule has 5 heteroatoms. The predicted molar refractivity (Wildman–Crippen MR) is 68.3 cm³/mol. The number of aromatic nitrogens is 2. The molecule has 100 valence electrons. The normalized spacial score (nSPS) is 16.7. The first-order chi connectivity index (χ1) is 9.25. The van der Waals surface area contributed by atoms with Gasteiger partial charge in [0.25, 0.3) is 0 Å². The van der Waals surface area contributed by atoms with Crippen LogP contribution >= 0.6 is 0 Å². The first-order valence-electron chi connectivity index (χ1n) is 6.46. The number of halogens is 2. The van der Waals surface area contributed by atoms with Gasteiger partial charge in [0, 0.05) is 23.9 Å². The van der Waals surface area contributed by atoms with E-state index in [9.17, 15) is 8.78 Å². The Kier molecular flexibility index (Phi) is 3.29. The van der Waals surface area contributed by atoms with Crippen LogP contribution in [0.5, 0.6) is 0 Å². The lowest BCUT2D eigenvalue weighted by molar-refractivity contribution is 0.444. The molecule has 0 unspecified atom stereocenters. The van der Waals surface area contributed by atoms with E-state index in [1.165, 1.54) is 12.1 Å². The van der Waals surface area contributed by atoms with Crippen LogP contribution in [0.15, 0.2) is 30.5 Å². The maximum absolute atomic E-state index is 13.8. The zero-order valence-electron chi connectivity index (χ0n) is 10.4. The molecule has 3 rings (SSSR count). The molecule has 3 nitrogen and oxygen atoms in total. The second-order valence-corrected chi connectivity index (χ2v) is 4.79. The topological polar surface area (TPSA) is 29.9 Å². The fourth-order valence-electron chi connectivity index (χ4n) is 2.59. The highest BCUT2D eigenvalue weighted by Gasteiger charge is 2.20. The molecule has 1 N–H and O–H groups in total. The van der Waals surface area contributed by atoms with E-state index in [1.54, 1.807) is 10.9 Å². The minimum Gasteiger partial charge on any atom is -0.317 e. The van der Waals surface area contributed by atoms with E-state index in [0.717, 1.165) is 37.7 Å². The molecular weight excluding hydrogens is 248 g/mol. The number of nitrogens with zero attached hydrogens (tertiary/aromatic N) is 2. The van der Waals surface area contributed by atoms with Crippen LogP contribution in [-0.4, -0.2) is 22.9 Å². The SMILES string of the molecule is Fc1ccc(-n2nccc2C2CCNCC2)c(F)c1. The van der Waals surface area contributed by atoms with Crippen LogP contribution in [-0.2, 0) is 0 Å². The lowest BCUT2D eigenvalue weighted by atomic mass is 9.94. The van der Waals surface area contributed by atoms with E-state index in [0.29, 0.717) is 11.6 Å². The zero-order chi connectivity index (χ0) is 13.2. The van der Waals surface area contributed by atoms with E-state index < -0.39 is 11.6 Å². The van der Waals surface area contributed by atoms with Gasteiger partial charge in [-0.15, -0.1) is 0 Å². The van der Waals surface area contributed by atoms with Crippen molar-refractivity contribution >= 4 is 0 Å². The number of nitrogens with one attached hydrogen (secondary N) is 1. The Morgan fingerprint density at radius 3 is 2.68 bits per heavy atom. The quantitative estimate of drug-likeness (QED) is 0.902. The summed E-state index contributed by atoms with van der Waals surface area (Å²) in [6.07, 6.45) is 3.68. The Labute approximate surface area is 110 Å².